The van der Waals surface area contributed by atoms with Crippen molar-refractivity contribution in [3.05, 3.63) is 47.5 Å². The highest BCUT2D eigenvalue weighted by Gasteiger charge is 2.14. The predicted octanol–water partition coefficient (Wildman–Crippen LogP) is 1.66. The van der Waals surface area contributed by atoms with E-state index in [9.17, 15) is 8.42 Å². The first-order chi connectivity index (χ1) is 12.4. The molecule has 3 aromatic rings. The fraction of sp³-hybridized carbons (Fsp3) is 0.353. The summed E-state index contributed by atoms with van der Waals surface area (Å²) < 4.78 is 34.1. The molecule has 3 rings (SSSR count). The maximum absolute atomic E-state index is 12.3. The van der Waals surface area contributed by atoms with E-state index in [-0.39, 0.29) is 4.90 Å². The lowest BCUT2D eigenvalue weighted by Crippen LogP contribution is -2.25. The Balaban J connectivity index is 1.61. The standard InChI is InChI=1S/C17H21N5O3S/c1-12-11-13(2)22-16(20-21-17(22)19-12)5-4-10-18-26(23,24)15-8-6-14(25-3)7-9-15/h6-9,11,18H,4-5,10H2,1-3H3. The molecular weight excluding hydrogens is 354 g/mol. The molecule has 0 unspecified atom stereocenters. The molecule has 0 spiro atoms. The zero-order chi connectivity index (χ0) is 18.7. The number of ether oxygens (including phenoxy) is 1. The lowest BCUT2D eigenvalue weighted by Gasteiger charge is -2.08. The third kappa shape index (κ3) is 3.83. The van der Waals surface area contributed by atoms with Crippen LogP contribution in [0.1, 0.15) is 23.6 Å². The van der Waals surface area contributed by atoms with Gasteiger partial charge in [0.2, 0.25) is 10.0 Å². The predicted molar refractivity (Wildman–Crippen MR) is 96.8 cm³/mol. The van der Waals surface area contributed by atoms with Gasteiger partial charge in [0.1, 0.15) is 11.6 Å². The third-order valence-electron chi connectivity index (χ3n) is 4.00. The van der Waals surface area contributed by atoms with E-state index in [1.54, 1.807) is 12.1 Å². The monoisotopic (exact) mass is 375 g/mol. The first kappa shape index (κ1) is 18.3. The van der Waals surface area contributed by atoms with Crippen LogP contribution >= 0.6 is 0 Å². The van der Waals surface area contributed by atoms with Crippen LogP contribution in [0.25, 0.3) is 5.78 Å². The fourth-order valence-corrected chi connectivity index (χ4v) is 3.83. The molecule has 9 heteroatoms. The van der Waals surface area contributed by atoms with E-state index in [0.29, 0.717) is 30.9 Å². The number of nitrogens with one attached hydrogen (secondary N) is 1. The Morgan fingerprint density at radius 3 is 2.58 bits per heavy atom. The molecule has 1 N–H and O–H groups in total. The Kier molecular flexibility index (Phi) is 5.19. The van der Waals surface area contributed by atoms with Crippen molar-refractivity contribution in [1.82, 2.24) is 24.3 Å². The molecule has 0 aliphatic rings. The normalized spacial score (nSPS) is 11.8. The minimum absolute atomic E-state index is 0.210. The molecule has 0 saturated heterocycles. The molecule has 1 aromatic carbocycles. The van der Waals surface area contributed by atoms with Gasteiger partial charge in [0.25, 0.3) is 5.78 Å². The molecule has 8 nitrogen and oxygen atoms in total. The molecule has 0 aliphatic carbocycles. The second kappa shape index (κ2) is 7.38. The van der Waals surface area contributed by atoms with Crippen LogP contribution in [0.3, 0.4) is 0 Å². The van der Waals surface area contributed by atoms with E-state index in [0.717, 1.165) is 17.2 Å². The fourth-order valence-electron chi connectivity index (χ4n) is 2.75. The highest BCUT2D eigenvalue weighted by molar-refractivity contribution is 7.89. The minimum atomic E-state index is -3.54. The smallest absolute Gasteiger partial charge is 0.255 e. The molecule has 138 valence electrons. The number of fused-ring (bicyclic) bond motifs is 1. The van der Waals surface area contributed by atoms with Gasteiger partial charge in [0.05, 0.1) is 12.0 Å². The number of aryl methyl sites for hydroxylation is 3. The minimum Gasteiger partial charge on any atom is -0.497 e. The summed E-state index contributed by atoms with van der Waals surface area (Å²) in [6.45, 7) is 4.19. The number of rotatable bonds is 7. The molecule has 0 atom stereocenters. The molecule has 0 fully saturated rings. The Hall–Kier alpha value is -2.52. The molecule has 0 radical (unpaired) electrons. The van der Waals surface area contributed by atoms with Crippen LogP contribution < -0.4 is 9.46 Å². The summed E-state index contributed by atoms with van der Waals surface area (Å²) >= 11 is 0. The maximum Gasteiger partial charge on any atom is 0.255 e. The number of nitrogens with zero attached hydrogens (tertiary/aromatic N) is 4. The first-order valence-electron chi connectivity index (χ1n) is 8.23. The van der Waals surface area contributed by atoms with Gasteiger partial charge in [-0.3, -0.25) is 4.40 Å². The Morgan fingerprint density at radius 1 is 1.15 bits per heavy atom. The van der Waals surface area contributed by atoms with E-state index in [4.69, 9.17) is 4.74 Å². The van der Waals surface area contributed by atoms with Crippen LogP contribution in [0.4, 0.5) is 0 Å². The number of benzene rings is 1. The van der Waals surface area contributed by atoms with Crippen LogP contribution in [0.5, 0.6) is 5.75 Å². The summed E-state index contributed by atoms with van der Waals surface area (Å²) in [5.74, 6) is 1.95. The van der Waals surface area contributed by atoms with E-state index < -0.39 is 10.0 Å². The van der Waals surface area contributed by atoms with Crippen molar-refractivity contribution in [1.29, 1.82) is 0 Å². The Morgan fingerprint density at radius 2 is 1.88 bits per heavy atom. The molecule has 0 amide bonds. The van der Waals surface area contributed by atoms with Crippen molar-refractivity contribution >= 4 is 15.8 Å². The summed E-state index contributed by atoms with van der Waals surface area (Å²) in [5, 5.41) is 8.25. The van der Waals surface area contributed by atoms with Gasteiger partial charge in [0, 0.05) is 24.4 Å². The molecule has 0 aliphatic heterocycles. The Labute approximate surface area is 152 Å². The molecular formula is C17H21N5O3S. The van der Waals surface area contributed by atoms with E-state index in [2.05, 4.69) is 19.9 Å². The summed E-state index contributed by atoms with van der Waals surface area (Å²) in [4.78, 5) is 4.56. The number of methoxy groups -OCH3 is 1. The second-order valence-corrected chi connectivity index (χ2v) is 7.73. The van der Waals surface area contributed by atoms with Crippen molar-refractivity contribution in [2.75, 3.05) is 13.7 Å². The summed E-state index contributed by atoms with van der Waals surface area (Å²) in [6, 6.07) is 8.24. The van der Waals surface area contributed by atoms with Crippen molar-refractivity contribution in [3.63, 3.8) is 0 Å². The molecule has 0 saturated carbocycles. The summed E-state index contributed by atoms with van der Waals surface area (Å²) in [7, 11) is -2.01. The van der Waals surface area contributed by atoms with Crippen LogP contribution in [-0.2, 0) is 16.4 Å². The van der Waals surface area contributed by atoms with Crippen molar-refractivity contribution in [3.8, 4) is 5.75 Å². The van der Waals surface area contributed by atoms with Gasteiger partial charge < -0.3 is 4.74 Å². The van der Waals surface area contributed by atoms with Crippen LogP contribution in [0.15, 0.2) is 35.2 Å². The summed E-state index contributed by atoms with van der Waals surface area (Å²) in [6.07, 6.45) is 1.20. The highest BCUT2D eigenvalue weighted by Crippen LogP contribution is 2.15. The van der Waals surface area contributed by atoms with Gasteiger partial charge in [0.15, 0.2) is 0 Å². The number of hydrogen-bond donors (Lipinski definition) is 1. The number of aromatic nitrogens is 4. The molecule has 26 heavy (non-hydrogen) atoms. The van der Waals surface area contributed by atoms with E-state index in [1.807, 2.05) is 24.3 Å². The quantitative estimate of drug-likeness (QED) is 0.631. The van der Waals surface area contributed by atoms with Gasteiger partial charge in [-0.2, -0.15) is 0 Å². The van der Waals surface area contributed by atoms with Gasteiger partial charge in [-0.25, -0.2) is 18.1 Å². The van der Waals surface area contributed by atoms with Gasteiger partial charge in [-0.05, 0) is 50.6 Å². The lowest BCUT2D eigenvalue weighted by molar-refractivity contribution is 0.414. The van der Waals surface area contributed by atoms with Gasteiger partial charge in [-0.15, -0.1) is 10.2 Å². The lowest BCUT2D eigenvalue weighted by atomic mass is 10.3. The van der Waals surface area contributed by atoms with Crippen LogP contribution in [0.2, 0.25) is 0 Å². The summed E-state index contributed by atoms with van der Waals surface area (Å²) in [5.41, 5.74) is 1.90. The SMILES string of the molecule is COc1ccc(S(=O)(=O)NCCCc2nnc3nc(C)cc(C)n23)cc1. The zero-order valence-corrected chi connectivity index (χ0v) is 15.7. The number of hydrogen-bond acceptors (Lipinski definition) is 6. The van der Waals surface area contributed by atoms with Gasteiger partial charge >= 0.3 is 0 Å². The van der Waals surface area contributed by atoms with E-state index in [1.165, 1.54) is 19.2 Å². The first-order valence-corrected chi connectivity index (χ1v) is 9.71. The molecule has 0 bridgehead atoms. The van der Waals surface area contributed by atoms with Crippen molar-refractivity contribution in [2.45, 2.75) is 31.6 Å². The second-order valence-electron chi connectivity index (χ2n) is 5.97. The van der Waals surface area contributed by atoms with E-state index >= 15 is 0 Å². The van der Waals surface area contributed by atoms with Crippen LogP contribution in [-0.4, -0.2) is 41.7 Å². The maximum atomic E-state index is 12.3. The topological polar surface area (TPSA) is 98.5 Å². The molecule has 2 aromatic heterocycles. The zero-order valence-electron chi connectivity index (χ0n) is 14.9. The average Bonchev–Trinajstić information content (AvgIpc) is 3.02. The highest BCUT2D eigenvalue weighted by atomic mass is 32.2. The third-order valence-corrected chi connectivity index (χ3v) is 5.48. The van der Waals surface area contributed by atoms with Crippen LogP contribution in [0, 0.1) is 13.8 Å². The van der Waals surface area contributed by atoms with Crippen molar-refractivity contribution < 1.29 is 13.2 Å². The number of sulfonamides is 1. The largest absolute Gasteiger partial charge is 0.497 e. The molecule has 2 heterocycles. The van der Waals surface area contributed by atoms with Crippen molar-refractivity contribution in [2.24, 2.45) is 0 Å². The average molecular weight is 375 g/mol. The Bertz CT molecular complexity index is 1010. The van der Waals surface area contributed by atoms with Gasteiger partial charge in [-0.1, -0.05) is 0 Å².